The summed E-state index contributed by atoms with van der Waals surface area (Å²) in [5, 5.41) is 0. The van der Waals surface area contributed by atoms with E-state index in [1.807, 2.05) is 19.2 Å². The Morgan fingerprint density at radius 1 is 1.18 bits per heavy atom. The molecule has 2 aliphatic heterocycles. The molecule has 0 bridgehead atoms. The second-order valence-corrected chi connectivity index (χ2v) is 7.06. The number of nitrogens with zero attached hydrogens (tertiary/aromatic N) is 3. The van der Waals surface area contributed by atoms with Crippen molar-refractivity contribution in [3.63, 3.8) is 0 Å². The molecule has 5 nitrogen and oxygen atoms in total. The zero-order chi connectivity index (χ0) is 16.0. The lowest BCUT2D eigenvalue weighted by atomic mass is 9.75. The third kappa shape index (κ3) is 2.77. The zero-order valence-corrected chi connectivity index (χ0v) is 14.1. The van der Waals surface area contributed by atoms with Gasteiger partial charge in [-0.05, 0) is 52.6 Å². The molecule has 1 aromatic rings. The second-order valence-electron chi connectivity index (χ2n) is 7.06. The molecular formula is C16H24BN3O2. The van der Waals surface area contributed by atoms with E-state index in [9.17, 15) is 0 Å². The van der Waals surface area contributed by atoms with Crippen LogP contribution in [0.5, 0.6) is 0 Å². The minimum atomic E-state index is -0.282. The van der Waals surface area contributed by atoms with Crippen LogP contribution in [0.1, 0.15) is 39.8 Å². The highest BCUT2D eigenvalue weighted by Gasteiger charge is 2.52. The largest absolute Gasteiger partial charge is 0.490 e. The van der Waals surface area contributed by atoms with E-state index < -0.39 is 0 Å². The molecule has 2 aliphatic rings. The van der Waals surface area contributed by atoms with Crippen molar-refractivity contribution in [2.24, 2.45) is 0 Å². The van der Waals surface area contributed by atoms with E-state index in [-0.39, 0.29) is 18.3 Å². The van der Waals surface area contributed by atoms with Crippen LogP contribution in [0.15, 0.2) is 23.8 Å². The van der Waals surface area contributed by atoms with Crippen LogP contribution in [0.3, 0.4) is 0 Å². The van der Waals surface area contributed by atoms with E-state index >= 15 is 0 Å². The molecule has 0 radical (unpaired) electrons. The van der Waals surface area contributed by atoms with Gasteiger partial charge in [0.1, 0.15) is 0 Å². The monoisotopic (exact) mass is 301 g/mol. The van der Waals surface area contributed by atoms with Gasteiger partial charge in [-0.15, -0.1) is 0 Å². The topological polar surface area (TPSA) is 47.5 Å². The molecule has 0 atom stereocenters. The minimum absolute atomic E-state index is 0.231. The van der Waals surface area contributed by atoms with Gasteiger partial charge in [0.25, 0.3) is 0 Å². The van der Waals surface area contributed by atoms with E-state index in [4.69, 9.17) is 9.31 Å². The van der Waals surface area contributed by atoms with Crippen LogP contribution < -0.4 is 4.90 Å². The maximum Gasteiger partial charge on any atom is 0.490 e. The van der Waals surface area contributed by atoms with Gasteiger partial charge in [-0.2, -0.15) is 0 Å². The Labute approximate surface area is 132 Å². The maximum absolute atomic E-state index is 6.12. The average molecular weight is 301 g/mol. The van der Waals surface area contributed by atoms with Crippen molar-refractivity contribution in [1.29, 1.82) is 0 Å². The molecule has 1 aromatic heterocycles. The van der Waals surface area contributed by atoms with Gasteiger partial charge >= 0.3 is 7.12 Å². The summed E-state index contributed by atoms with van der Waals surface area (Å²) < 4.78 is 12.2. The molecule has 3 heterocycles. The third-order valence-electron chi connectivity index (χ3n) is 4.87. The predicted octanol–water partition coefficient (Wildman–Crippen LogP) is 2.55. The van der Waals surface area contributed by atoms with Crippen molar-refractivity contribution in [1.82, 2.24) is 9.97 Å². The van der Waals surface area contributed by atoms with E-state index in [2.05, 4.69) is 48.6 Å². The molecule has 0 saturated carbocycles. The van der Waals surface area contributed by atoms with Crippen molar-refractivity contribution in [2.45, 2.75) is 52.2 Å². The fourth-order valence-corrected chi connectivity index (χ4v) is 2.66. The molecule has 0 amide bonds. The molecule has 0 N–H and O–H groups in total. The van der Waals surface area contributed by atoms with Crippen molar-refractivity contribution in [3.05, 3.63) is 29.5 Å². The Morgan fingerprint density at radius 2 is 1.86 bits per heavy atom. The van der Waals surface area contributed by atoms with Gasteiger partial charge in [0.2, 0.25) is 5.95 Å². The molecule has 3 rings (SSSR count). The minimum Gasteiger partial charge on any atom is -0.400 e. The molecule has 0 aliphatic carbocycles. The Balaban J connectivity index is 1.70. The summed E-state index contributed by atoms with van der Waals surface area (Å²) >= 11 is 0. The van der Waals surface area contributed by atoms with Crippen LogP contribution in [-0.4, -0.2) is 41.4 Å². The number of hydrogen-bond acceptors (Lipinski definition) is 5. The van der Waals surface area contributed by atoms with Crippen molar-refractivity contribution in [2.75, 3.05) is 18.0 Å². The fourth-order valence-electron chi connectivity index (χ4n) is 2.66. The highest BCUT2D eigenvalue weighted by Crippen LogP contribution is 2.39. The first-order chi connectivity index (χ1) is 10.3. The molecule has 118 valence electrons. The van der Waals surface area contributed by atoms with Crippen molar-refractivity contribution in [3.8, 4) is 0 Å². The summed E-state index contributed by atoms with van der Waals surface area (Å²) in [4.78, 5) is 11.0. The second kappa shape index (κ2) is 5.35. The van der Waals surface area contributed by atoms with Crippen LogP contribution in [-0.2, 0) is 9.31 Å². The van der Waals surface area contributed by atoms with E-state index in [1.54, 1.807) is 0 Å². The SMILES string of the molecule is Cc1ccnc(N2CC=C(B3OC(C)(C)C(C)(C)O3)CC2)n1. The fraction of sp³-hybridized carbons (Fsp3) is 0.625. The highest BCUT2D eigenvalue weighted by atomic mass is 16.7. The average Bonchev–Trinajstić information content (AvgIpc) is 2.68. The quantitative estimate of drug-likeness (QED) is 0.786. The molecule has 0 aromatic carbocycles. The third-order valence-corrected chi connectivity index (χ3v) is 4.87. The number of aryl methyl sites for hydroxylation is 1. The lowest BCUT2D eigenvalue weighted by Crippen LogP contribution is -2.41. The lowest BCUT2D eigenvalue weighted by molar-refractivity contribution is 0.00578. The number of aromatic nitrogens is 2. The van der Waals surface area contributed by atoms with Crippen LogP contribution in [0.4, 0.5) is 5.95 Å². The Bertz CT molecular complexity index is 585. The molecule has 0 spiro atoms. The van der Waals surface area contributed by atoms with Crippen molar-refractivity contribution < 1.29 is 9.31 Å². The van der Waals surface area contributed by atoms with Crippen molar-refractivity contribution >= 4 is 13.1 Å². The van der Waals surface area contributed by atoms with Gasteiger partial charge in [-0.1, -0.05) is 6.08 Å². The van der Waals surface area contributed by atoms with E-state index in [0.717, 1.165) is 31.2 Å². The molecule has 6 heteroatoms. The van der Waals surface area contributed by atoms with Crippen LogP contribution in [0, 0.1) is 6.92 Å². The smallest absolute Gasteiger partial charge is 0.400 e. The number of rotatable bonds is 2. The zero-order valence-electron chi connectivity index (χ0n) is 14.1. The number of hydrogen-bond donors (Lipinski definition) is 0. The summed E-state index contributed by atoms with van der Waals surface area (Å²) in [7, 11) is -0.231. The molecular weight excluding hydrogens is 277 g/mol. The van der Waals surface area contributed by atoms with Gasteiger partial charge < -0.3 is 14.2 Å². The van der Waals surface area contributed by atoms with Gasteiger partial charge in [-0.3, -0.25) is 0 Å². The first-order valence-electron chi connectivity index (χ1n) is 7.88. The Hall–Kier alpha value is -1.40. The number of anilines is 1. The van der Waals surface area contributed by atoms with Crippen LogP contribution in [0.25, 0.3) is 0 Å². The molecule has 0 unspecified atom stereocenters. The van der Waals surface area contributed by atoms with Gasteiger partial charge in [0.05, 0.1) is 11.2 Å². The van der Waals surface area contributed by atoms with Gasteiger partial charge in [0, 0.05) is 25.0 Å². The molecule has 1 saturated heterocycles. The summed E-state index contributed by atoms with van der Waals surface area (Å²) in [6, 6.07) is 1.92. The van der Waals surface area contributed by atoms with E-state index in [0.29, 0.717) is 0 Å². The summed E-state index contributed by atoms with van der Waals surface area (Å²) in [5.41, 5.74) is 1.65. The summed E-state index contributed by atoms with van der Waals surface area (Å²) in [6.07, 6.45) is 4.91. The Kier molecular flexibility index (Phi) is 3.77. The van der Waals surface area contributed by atoms with Gasteiger partial charge in [0.15, 0.2) is 0 Å². The predicted molar refractivity (Wildman–Crippen MR) is 87.8 cm³/mol. The highest BCUT2D eigenvalue weighted by molar-refractivity contribution is 6.54. The molecule has 22 heavy (non-hydrogen) atoms. The van der Waals surface area contributed by atoms with E-state index in [1.165, 1.54) is 5.47 Å². The van der Waals surface area contributed by atoms with Crippen LogP contribution >= 0.6 is 0 Å². The summed E-state index contributed by atoms with van der Waals surface area (Å²) in [6.45, 7) is 12.0. The maximum atomic E-state index is 6.12. The molecule has 1 fully saturated rings. The van der Waals surface area contributed by atoms with Gasteiger partial charge in [-0.25, -0.2) is 9.97 Å². The van der Waals surface area contributed by atoms with Crippen LogP contribution in [0.2, 0.25) is 0 Å². The lowest BCUT2D eigenvalue weighted by Gasteiger charge is -2.32. The Morgan fingerprint density at radius 3 is 2.41 bits per heavy atom. The standard InChI is InChI=1S/C16H24BN3O2/c1-12-6-9-18-14(19-12)20-10-7-13(8-11-20)17-21-15(2,3)16(4,5)22-17/h6-7,9H,8,10-11H2,1-5H3. The first kappa shape index (κ1) is 15.5. The normalized spacial score (nSPS) is 23.6. The summed E-state index contributed by atoms with van der Waals surface area (Å²) in [5.74, 6) is 0.796. The first-order valence-corrected chi connectivity index (χ1v) is 7.88.